The number of aryl methyl sites for hydroxylation is 1. The standard InChI is InChI=1S/C27H30N8O2/c1-17-7-10-28-22(12-17)31-24-21-6-5-9-30-25(21)35(32-24)18-8-11-29-23(14-18)33-15-20-13-19(33)16-34(20)26(36)37-27(2,3)4/h5-12,14,19-20H,13,15-16H2,1-4H3,(H,28,31,32)/t19-,20-/m0/s1. The zero-order valence-electron chi connectivity index (χ0n) is 21.4. The first kappa shape index (κ1) is 23.2. The lowest BCUT2D eigenvalue weighted by Crippen LogP contribution is -2.50. The van der Waals surface area contributed by atoms with E-state index in [1.807, 2.05) is 73.7 Å². The summed E-state index contributed by atoms with van der Waals surface area (Å²) in [5, 5.41) is 9.10. The van der Waals surface area contributed by atoms with Crippen LogP contribution in [0, 0.1) is 6.92 Å². The minimum Gasteiger partial charge on any atom is -0.444 e. The summed E-state index contributed by atoms with van der Waals surface area (Å²) in [4.78, 5) is 30.5. The van der Waals surface area contributed by atoms with Gasteiger partial charge in [0.1, 0.15) is 17.2 Å². The minimum absolute atomic E-state index is 0.120. The van der Waals surface area contributed by atoms with E-state index in [9.17, 15) is 4.79 Å². The summed E-state index contributed by atoms with van der Waals surface area (Å²) >= 11 is 0. The normalized spacial score (nSPS) is 19.0. The number of fused-ring (bicyclic) bond motifs is 3. The number of nitrogens with zero attached hydrogens (tertiary/aromatic N) is 7. The fraction of sp³-hybridized carbons (Fsp3) is 0.370. The van der Waals surface area contributed by atoms with Crippen molar-refractivity contribution in [3.8, 4) is 5.69 Å². The molecule has 4 aromatic heterocycles. The van der Waals surface area contributed by atoms with Gasteiger partial charge >= 0.3 is 6.09 Å². The second-order valence-electron chi connectivity index (χ2n) is 10.7. The van der Waals surface area contributed by atoms with Crippen molar-refractivity contribution in [2.75, 3.05) is 23.3 Å². The highest BCUT2D eigenvalue weighted by molar-refractivity contribution is 5.90. The van der Waals surface area contributed by atoms with E-state index in [-0.39, 0.29) is 18.2 Å². The molecule has 1 N–H and O–H groups in total. The maximum atomic E-state index is 12.7. The van der Waals surface area contributed by atoms with Crippen molar-refractivity contribution in [3.63, 3.8) is 0 Å². The Morgan fingerprint density at radius 2 is 1.86 bits per heavy atom. The van der Waals surface area contributed by atoms with Gasteiger partial charge in [-0.15, -0.1) is 5.10 Å². The van der Waals surface area contributed by atoms with Crippen molar-refractivity contribution in [1.82, 2.24) is 29.6 Å². The molecule has 10 heteroatoms. The molecule has 2 aliphatic heterocycles. The third kappa shape index (κ3) is 4.43. The fourth-order valence-electron chi connectivity index (χ4n) is 5.14. The number of nitrogens with one attached hydrogen (secondary N) is 1. The van der Waals surface area contributed by atoms with Crippen LogP contribution in [0.2, 0.25) is 0 Å². The Hall–Kier alpha value is -4.21. The molecule has 6 rings (SSSR count). The average molecular weight is 499 g/mol. The Labute approximate surface area is 215 Å². The molecule has 0 unspecified atom stereocenters. The Bertz CT molecular complexity index is 1480. The predicted molar refractivity (Wildman–Crippen MR) is 141 cm³/mol. The highest BCUT2D eigenvalue weighted by atomic mass is 16.6. The number of amides is 1. The molecule has 0 spiro atoms. The van der Waals surface area contributed by atoms with E-state index in [1.165, 1.54) is 0 Å². The maximum Gasteiger partial charge on any atom is 0.410 e. The number of piperazine rings is 1. The fourth-order valence-corrected chi connectivity index (χ4v) is 5.14. The topological polar surface area (TPSA) is 101 Å². The minimum atomic E-state index is -0.502. The second kappa shape index (κ2) is 8.72. The summed E-state index contributed by atoms with van der Waals surface area (Å²) in [6.07, 6.45) is 6.02. The molecule has 4 aromatic rings. The van der Waals surface area contributed by atoms with Gasteiger partial charge in [0.05, 0.1) is 23.2 Å². The van der Waals surface area contributed by atoms with Gasteiger partial charge < -0.3 is 19.9 Å². The average Bonchev–Trinajstić information content (AvgIpc) is 3.57. The van der Waals surface area contributed by atoms with Crippen LogP contribution in [0.15, 0.2) is 55.0 Å². The first-order valence-corrected chi connectivity index (χ1v) is 12.5. The van der Waals surface area contributed by atoms with Gasteiger partial charge in [0, 0.05) is 37.7 Å². The molecule has 0 aromatic carbocycles. The largest absolute Gasteiger partial charge is 0.444 e. The number of aromatic nitrogens is 5. The summed E-state index contributed by atoms with van der Waals surface area (Å²) in [6.45, 7) is 9.08. The third-order valence-electron chi connectivity index (χ3n) is 6.74. The molecular formula is C27H30N8O2. The molecule has 2 atom stereocenters. The van der Waals surface area contributed by atoms with Gasteiger partial charge in [-0.2, -0.15) is 0 Å². The Kier molecular flexibility index (Phi) is 5.47. The third-order valence-corrected chi connectivity index (χ3v) is 6.74. The Morgan fingerprint density at radius 3 is 2.62 bits per heavy atom. The van der Waals surface area contributed by atoms with Crippen molar-refractivity contribution < 1.29 is 9.53 Å². The molecule has 37 heavy (non-hydrogen) atoms. The molecule has 0 radical (unpaired) electrons. The van der Waals surface area contributed by atoms with Gasteiger partial charge in [-0.1, -0.05) is 0 Å². The van der Waals surface area contributed by atoms with Gasteiger partial charge in [-0.3, -0.25) is 0 Å². The van der Waals surface area contributed by atoms with Gasteiger partial charge in [0.25, 0.3) is 0 Å². The monoisotopic (exact) mass is 498 g/mol. The molecular weight excluding hydrogens is 468 g/mol. The zero-order valence-corrected chi connectivity index (χ0v) is 21.4. The lowest BCUT2D eigenvalue weighted by atomic mass is 10.2. The van der Waals surface area contributed by atoms with Crippen LogP contribution in [-0.4, -0.2) is 66.5 Å². The van der Waals surface area contributed by atoms with Crippen LogP contribution in [0.4, 0.5) is 22.2 Å². The molecule has 2 saturated heterocycles. The van der Waals surface area contributed by atoms with E-state index >= 15 is 0 Å². The predicted octanol–water partition coefficient (Wildman–Crippen LogP) is 4.46. The molecule has 2 bridgehead atoms. The number of rotatable bonds is 4. The summed E-state index contributed by atoms with van der Waals surface area (Å²) in [5.74, 6) is 2.28. The smallest absolute Gasteiger partial charge is 0.410 e. The first-order chi connectivity index (χ1) is 17.7. The van der Waals surface area contributed by atoms with E-state index in [0.29, 0.717) is 12.4 Å². The van der Waals surface area contributed by atoms with Crippen LogP contribution >= 0.6 is 0 Å². The summed E-state index contributed by atoms with van der Waals surface area (Å²) in [7, 11) is 0. The van der Waals surface area contributed by atoms with Crippen molar-refractivity contribution in [2.45, 2.75) is 51.8 Å². The van der Waals surface area contributed by atoms with E-state index < -0.39 is 5.60 Å². The van der Waals surface area contributed by atoms with Gasteiger partial charge in [0.15, 0.2) is 11.5 Å². The summed E-state index contributed by atoms with van der Waals surface area (Å²) < 4.78 is 7.44. The molecule has 0 aliphatic carbocycles. The van der Waals surface area contributed by atoms with Gasteiger partial charge in [0.2, 0.25) is 0 Å². The quantitative estimate of drug-likeness (QED) is 0.440. The molecule has 0 saturated carbocycles. The van der Waals surface area contributed by atoms with E-state index in [2.05, 4.69) is 25.2 Å². The highest BCUT2D eigenvalue weighted by Crippen LogP contribution is 2.35. The van der Waals surface area contributed by atoms with Crippen LogP contribution in [-0.2, 0) is 4.74 Å². The van der Waals surface area contributed by atoms with Crippen LogP contribution in [0.25, 0.3) is 16.7 Å². The van der Waals surface area contributed by atoms with Gasteiger partial charge in [-0.05, 0) is 70.0 Å². The lowest BCUT2D eigenvalue weighted by molar-refractivity contribution is 0.0214. The zero-order chi connectivity index (χ0) is 25.7. The molecule has 190 valence electrons. The highest BCUT2D eigenvalue weighted by Gasteiger charge is 2.47. The molecule has 2 aliphatic rings. The lowest BCUT2D eigenvalue weighted by Gasteiger charge is -2.35. The van der Waals surface area contributed by atoms with Gasteiger partial charge in [-0.25, -0.2) is 24.4 Å². The number of hydrogen-bond acceptors (Lipinski definition) is 8. The number of hydrogen-bond donors (Lipinski definition) is 1. The van der Waals surface area contributed by atoms with E-state index in [0.717, 1.165) is 46.9 Å². The number of ether oxygens (including phenoxy) is 1. The van der Waals surface area contributed by atoms with Crippen LogP contribution < -0.4 is 10.2 Å². The first-order valence-electron chi connectivity index (χ1n) is 12.5. The van der Waals surface area contributed by atoms with Crippen molar-refractivity contribution in [1.29, 1.82) is 0 Å². The number of likely N-dealkylation sites (tertiary alicyclic amines) is 1. The molecule has 10 nitrogen and oxygen atoms in total. The van der Waals surface area contributed by atoms with Crippen LogP contribution in [0.1, 0.15) is 32.8 Å². The maximum absolute atomic E-state index is 12.7. The van der Waals surface area contributed by atoms with Crippen LogP contribution in [0.3, 0.4) is 0 Å². The van der Waals surface area contributed by atoms with E-state index in [4.69, 9.17) is 9.84 Å². The van der Waals surface area contributed by atoms with Crippen molar-refractivity contribution in [3.05, 3.63) is 60.6 Å². The molecule has 6 heterocycles. The molecule has 2 fully saturated rings. The molecule has 1 amide bonds. The number of anilines is 3. The Morgan fingerprint density at radius 1 is 1.03 bits per heavy atom. The second-order valence-corrected chi connectivity index (χ2v) is 10.7. The summed E-state index contributed by atoms with van der Waals surface area (Å²) in [6, 6.07) is 12.1. The number of carbonyl (C=O) groups is 1. The summed E-state index contributed by atoms with van der Waals surface area (Å²) in [5.41, 5.74) is 2.22. The number of carbonyl (C=O) groups excluding carboxylic acids is 1. The van der Waals surface area contributed by atoms with Crippen molar-refractivity contribution >= 4 is 34.6 Å². The SMILES string of the molecule is Cc1ccnc(Nc2nn(-c3ccnc(N4C[C@@H]5C[C@H]4CN5C(=O)OC(C)(C)C)c3)c3ncccc23)c1. The Balaban J connectivity index is 1.27. The van der Waals surface area contributed by atoms with E-state index in [1.54, 1.807) is 18.6 Å². The number of pyridine rings is 3. The van der Waals surface area contributed by atoms with Crippen LogP contribution in [0.5, 0.6) is 0 Å². The van der Waals surface area contributed by atoms with Crippen molar-refractivity contribution in [2.24, 2.45) is 0 Å².